The van der Waals surface area contributed by atoms with E-state index in [1.807, 2.05) is 57.3 Å². The van der Waals surface area contributed by atoms with Crippen LogP contribution in [0.3, 0.4) is 0 Å². The third kappa shape index (κ3) is 4.94. The van der Waals surface area contributed by atoms with E-state index in [-0.39, 0.29) is 6.09 Å². The lowest BCUT2D eigenvalue weighted by molar-refractivity contribution is 0.0270. The Kier molecular flexibility index (Phi) is 6.35. The predicted octanol–water partition coefficient (Wildman–Crippen LogP) is 6.52. The minimum Gasteiger partial charge on any atom is -0.444 e. The van der Waals surface area contributed by atoms with Gasteiger partial charge in [-0.1, -0.05) is 48.5 Å². The lowest BCUT2D eigenvalue weighted by atomic mass is 10.0. The summed E-state index contributed by atoms with van der Waals surface area (Å²) in [7, 11) is 0. The van der Waals surface area contributed by atoms with E-state index in [0.717, 1.165) is 44.5 Å². The number of aromatic nitrogens is 4. The Labute approximate surface area is 232 Å². The Morgan fingerprint density at radius 1 is 1.10 bits per heavy atom. The molecule has 0 fully saturated rings. The highest BCUT2D eigenvalue weighted by Gasteiger charge is 2.24. The Hall–Kier alpha value is -4.90. The highest BCUT2D eigenvalue weighted by molar-refractivity contribution is 5.97. The molecule has 0 bridgehead atoms. The summed E-state index contributed by atoms with van der Waals surface area (Å²) in [5, 5.41) is 11.6. The number of carbonyl (C=O) groups excluding carboxylic acids is 1. The van der Waals surface area contributed by atoms with Crippen LogP contribution in [0.2, 0.25) is 0 Å². The Balaban J connectivity index is 1.33. The molecule has 4 heterocycles. The van der Waals surface area contributed by atoms with Gasteiger partial charge < -0.3 is 19.2 Å². The maximum Gasteiger partial charge on any atom is 0.410 e. The minimum absolute atomic E-state index is 0.292. The molecule has 1 aliphatic heterocycles. The molecule has 0 saturated heterocycles. The van der Waals surface area contributed by atoms with Gasteiger partial charge in [-0.05, 0) is 50.5 Å². The van der Waals surface area contributed by atoms with Crippen molar-refractivity contribution >= 4 is 33.6 Å². The molecule has 2 aromatic carbocycles. The number of ether oxygens (including phenoxy) is 1. The Morgan fingerprint density at radius 3 is 2.65 bits per heavy atom. The molecule has 0 aliphatic carbocycles. The lowest BCUT2D eigenvalue weighted by Gasteiger charge is -2.29. The summed E-state index contributed by atoms with van der Waals surface area (Å²) in [4.78, 5) is 26.8. The van der Waals surface area contributed by atoms with Crippen LogP contribution in [0.1, 0.15) is 44.0 Å². The average Bonchev–Trinajstić information content (AvgIpc) is 3.54. The van der Waals surface area contributed by atoms with Crippen molar-refractivity contribution in [2.75, 3.05) is 13.1 Å². The van der Waals surface area contributed by atoms with Crippen LogP contribution >= 0.6 is 0 Å². The fourth-order valence-electron chi connectivity index (χ4n) is 5.19. The Bertz CT molecular complexity index is 1800. The smallest absolute Gasteiger partial charge is 0.410 e. The average molecular weight is 531 g/mol. The molecule has 1 N–H and O–H groups in total. The van der Waals surface area contributed by atoms with Gasteiger partial charge in [0, 0.05) is 47.9 Å². The van der Waals surface area contributed by atoms with E-state index in [4.69, 9.17) is 4.74 Å². The van der Waals surface area contributed by atoms with Crippen molar-refractivity contribution in [3.8, 4) is 17.3 Å². The summed E-state index contributed by atoms with van der Waals surface area (Å²) >= 11 is 0. The van der Waals surface area contributed by atoms with Gasteiger partial charge in [0.1, 0.15) is 23.6 Å². The first kappa shape index (κ1) is 25.4. The number of carbonyl (C=O) groups is 1. The summed E-state index contributed by atoms with van der Waals surface area (Å²) in [6.07, 6.45) is 5.98. The van der Waals surface area contributed by atoms with Gasteiger partial charge in [0.15, 0.2) is 0 Å². The van der Waals surface area contributed by atoms with Gasteiger partial charge in [0.25, 0.3) is 0 Å². The van der Waals surface area contributed by atoms with Gasteiger partial charge in [-0.3, -0.25) is 0 Å². The molecule has 5 aromatic rings. The van der Waals surface area contributed by atoms with Gasteiger partial charge in [0.05, 0.1) is 16.8 Å². The minimum atomic E-state index is -0.518. The SMILES string of the molecule is CC(C)(C)OC(=O)N1CC=C(c2cc3c(-c4ccc5c(C#N)cn(Cc6ccccc6)c5c4)ncnc3[nH]2)CC1. The van der Waals surface area contributed by atoms with Crippen LogP contribution < -0.4 is 0 Å². The van der Waals surface area contributed by atoms with Crippen LogP contribution in [0.25, 0.3) is 38.8 Å². The fourth-order valence-corrected chi connectivity index (χ4v) is 5.19. The van der Waals surface area contributed by atoms with Gasteiger partial charge in [-0.25, -0.2) is 14.8 Å². The first-order chi connectivity index (χ1) is 19.3. The first-order valence-electron chi connectivity index (χ1n) is 13.4. The molecule has 1 amide bonds. The van der Waals surface area contributed by atoms with E-state index >= 15 is 0 Å². The monoisotopic (exact) mass is 530 g/mol. The van der Waals surface area contributed by atoms with Crippen molar-refractivity contribution in [3.05, 3.63) is 90.0 Å². The van der Waals surface area contributed by atoms with E-state index in [2.05, 4.69) is 55.9 Å². The lowest BCUT2D eigenvalue weighted by Crippen LogP contribution is -2.39. The maximum absolute atomic E-state index is 12.5. The number of nitrogens with one attached hydrogen (secondary N) is 1. The second-order valence-electron chi connectivity index (χ2n) is 11.1. The molecule has 8 nitrogen and oxygen atoms in total. The van der Waals surface area contributed by atoms with Crippen molar-refractivity contribution in [1.29, 1.82) is 5.26 Å². The topological polar surface area (TPSA) is 99.8 Å². The van der Waals surface area contributed by atoms with Crippen LogP contribution in [0.5, 0.6) is 0 Å². The number of nitrogens with zero attached hydrogens (tertiary/aromatic N) is 5. The molecule has 0 spiro atoms. The standard InChI is InChI=1S/C32H30N6O2/c1-32(2,3)40-31(39)37-13-11-22(12-14-37)27-16-26-29(34-20-35-30(26)36-27)23-9-10-25-24(17-33)19-38(28(25)15-23)18-21-7-5-4-6-8-21/h4-11,15-16,19-20H,12-14,18H2,1-3H3,(H,34,35,36). The summed E-state index contributed by atoms with van der Waals surface area (Å²) in [6.45, 7) is 7.38. The van der Waals surface area contributed by atoms with Crippen molar-refractivity contribution in [3.63, 3.8) is 0 Å². The zero-order chi connectivity index (χ0) is 27.9. The molecular formula is C32H30N6O2. The maximum atomic E-state index is 12.5. The molecule has 200 valence electrons. The first-order valence-corrected chi connectivity index (χ1v) is 13.4. The van der Waals surface area contributed by atoms with E-state index in [1.54, 1.807) is 11.2 Å². The van der Waals surface area contributed by atoms with Gasteiger partial charge in [-0.15, -0.1) is 0 Å². The van der Waals surface area contributed by atoms with Crippen molar-refractivity contribution in [2.45, 2.75) is 39.3 Å². The van der Waals surface area contributed by atoms with Crippen molar-refractivity contribution < 1.29 is 9.53 Å². The third-order valence-electron chi connectivity index (χ3n) is 7.10. The molecular weight excluding hydrogens is 500 g/mol. The molecule has 0 saturated carbocycles. The zero-order valence-electron chi connectivity index (χ0n) is 22.8. The zero-order valence-corrected chi connectivity index (χ0v) is 22.8. The molecule has 0 unspecified atom stereocenters. The van der Waals surface area contributed by atoms with Gasteiger partial charge >= 0.3 is 6.09 Å². The molecule has 3 aromatic heterocycles. The highest BCUT2D eigenvalue weighted by atomic mass is 16.6. The van der Waals surface area contributed by atoms with Crippen LogP contribution in [0.4, 0.5) is 4.79 Å². The second kappa shape index (κ2) is 10.0. The number of hydrogen-bond donors (Lipinski definition) is 1. The number of benzene rings is 2. The van der Waals surface area contributed by atoms with Crippen molar-refractivity contribution in [1.82, 2.24) is 24.4 Å². The van der Waals surface area contributed by atoms with E-state index in [1.165, 1.54) is 5.56 Å². The quantitative estimate of drug-likeness (QED) is 0.285. The fraction of sp³-hybridized carbons (Fsp3) is 0.250. The number of rotatable bonds is 4. The van der Waals surface area contributed by atoms with Crippen molar-refractivity contribution in [2.24, 2.45) is 0 Å². The summed E-state index contributed by atoms with van der Waals surface area (Å²) in [5.74, 6) is 0. The van der Waals surface area contributed by atoms with Crippen LogP contribution in [-0.2, 0) is 11.3 Å². The number of nitriles is 1. The highest BCUT2D eigenvalue weighted by Crippen LogP contribution is 2.33. The largest absolute Gasteiger partial charge is 0.444 e. The summed E-state index contributed by atoms with van der Waals surface area (Å²) < 4.78 is 7.65. The summed E-state index contributed by atoms with van der Waals surface area (Å²) in [6, 6.07) is 20.8. The normalized spacial score (nSPS) is 13.8. The number of aromatic amines is 1. The number of H-pyrrole nitrogens is 1. The van der Waals surface area contributed by atoms with E-state index < -0.39 is 5.60 Å². The van der Waals surface area contributed by atoms with E-state index in [0.29, 0.717) is 31.6 Å². The van der Waals surface area contributed by atoms with Gasteiger partial charge in [-0.2, -0.15) is 5.26 Å². The molecule has 0 atom stereocenters. The number of amides is 1. The number of hydrogen-bond acceptors (Lipinski definition) is 5. The van der Waals surface area contributed by atoms with Crippen LogP contribution in [0.15, 0.2) is 73.2 Å². The molecule has 8 heteroatoms. The second-order valence-corrected chi connectivity index (χ2v) is 11.1. The molecule has 1 aliphatic rings. The van der Waals surface area contributed by atoms with Gasteiger partial charge in [0.2, 0.25) is 0 Å². The predicted molar refractivity (Wildman–Crippen MR) is 155 cm³/mol. The van der Waals surface area contributed by atoms with E-state index in [9.17, 15) is 10.1 Å². The summed E-state index contributed by atoms with van der Waals surface area (Å²) in [5.41, 5.74) is 6.93. The van der Waals surface area contributed by atoms with Crippen LogP contribution in [0, 0.1) is 11.3 Å². The Morgan fingerprint density at radius 2 is 1.93 bits per heavy atom. The van der Waals surface area contributed by atoms with Crippen LogP contribution in [-0.4, -0.2) is 49.2 Å². The third-order valence-corrected chi connectivity index (χ3v) is 7.10. The molecule has 40 heavy (non-hydrogen) atoms. The molecule has 0 radical (unpaired) electrons. The number of fused-ring (bicyclic) bond motifs is 2. The molecule has 6 rings (SSSR count).